The number of rotatable bonds is 8. The van der Waals surface area contributed by atoms with Gasteiger partial charge in [-0.2, -0.15) is 18.2 Å². The highest BCUT2D eigenvalue weighted by Gasteiger charge is 2.30. The number of hydrogen-bond donors (Lipinski definition) is 3. The molecule has 0 saturated carbocycles. The van der Waals surface area contributed by atoms with Crippen molar-refractivity contribution in [2.75, 3.05) is 16.0 Å². The van der Waals surface area contributed by atoms with E-state index in [1.807, 2.05) is 0 Å². The Kier molecular flexibility index (Phi) is 6.78. The van der Waals surface area contributed by atoms with Crippen LogP contribution in [0.3, 0.4) is 0 Å². The van der Waals surface area contributed by atoms with E-state index in [0.29, 0.717) is 27.6 Å². The van der Waals surface area contributed by atoms with Gasteiger partial charge in [0.25, 0.3) is 0 Å². The summed E-state index contributed by atoms with van der Waals surface area (Å²) in [7, 11) is 0. The summed E-state index contributed by atoms with van der Waals surface area (Å²) in [5, 5.41) is 11.2. The fraction of sp³-hybridized carbons (Fsp3) is 0.0417. The van der Waals surface area contributed by atoms with Crippen molar-refractivity contribution in [3.8, 4) is 11.1 Å². The number of halogens is 4. The van der Waals surface area contributed by atoms with Crippen LogP contribution in [0.1, 0.15) is 5.56 Å². The van der Waals surface area contributed by atoms with E-state index in [4.69, 9.17) is 0 Å². The highest BCUT2D eigenvalue weighted by atomic mass is 32.1. The van der Waals surface area contributed by atoms with Crippen LogP contribution in [0.15, 0.2) is 85.2 Å². The first-order valence-corrected chi connectivity index (χ1v) is 11.0. The summed E-state index contributed by atoms with van der Waals surface area (Å²) in [6.45, 7) is 7.39. The van der Waals surface area contributed by atoms with Gasteiger partial charge in [-0.3, -0.25) is 5.32 Å². The minimum atomic E-state index is -4.47. The van der Waals surface area contributed by atoms with Crippen LogP contribution in [0.5, 0.6) is 0 Å². The van der Waals surface area contributed by atoms with E-state index in [-0.39, 0.29) is 17.5 Å². The van der Waals surface area contributed by atoms with Gasteiger partial charge in [0, 0.05) is 34.7 Å². The first-order chi connectivity index (χ1) is 16.7. The van der Waals surface area contributed by atoms with Crippen molar-refractivity contribution >= 4 is 39.6 Å². The molecule has 0 amide bonds. The summed E-state index contributed by atoms with van der Waals surface area (Å²) in [4.78, 5) is 12.8. The molecule has 0 atom stereocenters. The van der Waals surface area contributed by atoms with E-state index in [1.54, 1.807) is 11.6 Å². The highest BCUT2D eigenvalue weighted by molar-refractivity contribution is 7.13. The van der Waals surface area contributed by atoms with Gasteiger partial charge in [0.15, 0.2) is 5.13 Å². The van der Waals surface area contributed by atoms with Crippen LogP contribution >= 0.6 is 11.3 Å². The van der Waals surface area contributed by atoms with Gasteiger partial charge >= 0.3 is 6.18 Å². The molecule has 2 aromatic heterocycles. The van der Waals surface area contributed by atoms with Crippen molar-refractivity contribution in [2.24, 2.45) is 0 Å². The molecule has 3 N–H and O–H groups in total. The quantitative estimate of drug-likeness (QED) is 0.174. The Morgan fingerprint density at radius 3 is 2.46 bits per heavy atom. The SMILES string of the molecule is C=CC(=C)Nc1ccc(F)c(Nc2nc(Nc3nccs3)ncc2-c2ccc(C(F)(F)F)cc2)c1. The molecule has 0 fully saturated rings. The molecule has 6 nitrogen and oxygen atoms in total. The van der Waals surface area contributed by atoms with Gasteiger partial charge in [-0.15, -0.1) is 11.3 Å². The van der Waals surface area contributed by atoms with E-state index < -0.39 is 17.6 Å². The first kappa shape index (κ1) is 23.9. The zero-order valence-corrected chi connectivity index (χ0v) is 18.8. The minimum Gasteiger partial charge on any atom is -0.356 e. The number of alkyl halides is 3. The molecular weight excluding hydrogens is 480 g/mol. The number of hydrogen-bond acceptors (Lipinski definition) is 7. The molecule has 0 radical (unpaired) electrons. The monoisotopic (exact) mass is 498 g/mol. The van der Waals surface area contributed by atoms with Crippen molar-refractivity contribution in [1.29, 1.82) is 0 Å². The van der Waals surface area contributed by atoms with Crippen molar-refractivity contribution in [3.05, 3.63) is 96.5 Å². The van der Waals surface area contributed by atoms with Crippen molar-refractivity contribution < 1.29 is 17.6 Å². The average molecular weight is 499 g/mol. The molecule has 35 heavy (non-hydrogen) atoms. The zero-order valence-electron chi connectivity index (χ0n) is 18.0. The molecule has 0 aliphatic carbocycles. The predicted octanol–water partition coefficient (Wildman–Crippen LogP) is 7.36. The lowest BCUT2D eigenvalue weighted by Gasteiger charge is -2.15. The molecule has 178 valence electrons. The number of nitrogens with zero attached hydrogens (tertiary/aromatic N) is 3. The first-order valence-electron chi connectivity index (χ1n) is 10.1. The van der Waals surface area contributed by atoms with Crippen LogP contribution in [0.4, 0.5) is 45.8 Å². The summed E-state index contributed by atoms with van der Waals surface area (Å²) in [6, 6.07) is 8.85. The standard InChI is InChI=1S/C24H18F4N6S/c1-3-14(2)31-17-8-9-19(25)20(12-17)32-21-18(15-4-6-16(7-5-15)24(26,27)28)13-30-22(33-21)34-23-29-10-11-35-23/h3-13,31H,1-2H2,(H2,29,30,32,33,34). The van der Waals surface area contributed by atoms with E-state index in [0.717, 1.165) is 12.1 Å². The van der Waals surface area contributed by atoms with Crippen LogP contribution in [-0.4, -0.2) is 15.0 Å². The molecule has 11 heteroatoms. The lowest BCUT2D eigenvalue weighted by molar-refractivity contribution is -0.137. The highest BCUT2D eigenvalue weighted by Crippen LogP contribution is 2.35. The molecule has 0 saturated heterocycles. The molecular formula is C24H18F4N6S. The molecule has 0 spiro atoms. The van der Waals surface area contributed by atoms with Gasteiger partial charge in [0.05, 0.1) is 11.3 Å². The number of thiazole rings is 1. The zero-order chi connectivity index (χ0) is 25.0. The minimum absolute atomic E-state index is 0.0823. The van der Waals surface area contributed by atoms with Gasteiger partial charge in [-0.05, 0) is 42.0 Å². The normalized spacial score (nSPS) is 11.1. The molecule has 0 bridgehead atoms. The van der Waals surface area contributed by atoms with Crippen molar-refractivity contribution in [1.82, 2.24) is 15.0 Å². The number of aromatic nitrogens is 3. The fourth-order valence-corrected chi connectivity index (χ4v) is 3.55. The molecule has 0 unspecified atom stereocenters. The van der Waals surface area contributed by atoms with Crippen LogP contribution < -0.4 is 16.0 Å². The van der Waals surface area contributed by atoms with Gasteiger partial charge in [-0.25, -0.2) is 14.4 Å². The summed E-state index contributed by atoms with van der Waals surface area (Å²) in [6.07, 6.45) is 0.0882. The summed E-state index contributed by atoms with van der Waals surface area (Å²) in [5.74, 6) is -0.212. The van der Waals surface area contributed by atoms with E-state index >= 15 is 0 Å². The number of nitrogens with one attached hydrogen (secondary N) is 3. The maximum absolute atomic E-state index is 14.7. The lowest BCUT2D eigenvalue weighted by atomic mass is 10.1. The summed E-state index contributed by atoms with van der Waals surface area (Å²) < 4.78 is 53.7. The predicted molar refractivity (Wildman–Crippen MR) is 131 cm³/mol. The van der Waals surface area contributed by atoms with Crippen LogP contribution in [0, 0.1) is 5.82 Å². The van der Waals surface area contributed by atoms with Crippen molar-refractivity contribution in [3.63, 3.8) is 0 Å². The van der Waals surface area contributed by atoms with E-state index in [1.165, 1.54) is 53.9 Å². The second-order valence-corrected chi connectivity index (χ2v) is 8.06. The Bertz CT molecular complexity index is 1350. The number of allylic oxidation sites excluding steroid dienone is 1. The van der Waals surface area contributed by atoms with Crippen LogP contribution in [0.25, 0.3) is 11.1 Å². The molecule has 4 aromatic rings. The molecule has 0 aliphatic heterocycles. The lowest BCUT2D eigenvalue weighted by Crippen LogP contribution is -2.06. The molecule has 0 aliphatic rings. The average Bonchev–Trinajstić information content (AvgIpc) is 3.34. The number of anilines is 5. The second kappa shape index (κ2) is 9.94. The Balaban J connectivity index is 1.73. The third-order valence-corrected chi connectivity index (χ3v) is 5.42. The second-order valence-electron chi connectivity index (χ2n) is 7.17. The maximum Gasteiger partial charge on any atom is 0.416 e. The third-order valence-electron chi connectivity index (χ3n) is 4.73. The third kappa shape index (κ3) is 5.82. The molecule has 2 heterocycles. The Morgan fingerprint density at radius 2 is 1.80 bits per heavy atom. The maximum atomic E-state index is 14.7. The van der Waals surface area contributed by atoms with Crippen molar-refractivity contribution in [2.45, 2.75) is 6.18 Å². The van der Waals surface area contributed by atoms with Crippen LogP contribution in [0.2, 0.25) is 0 Å². The van der Waals surface area contributed by atoms with Gasteiger partial charge in [-0.1, -0.05) is 25.3 Å². The summed E-state index contributed by atoms with van der Waals surface area (Å²) >= 11 is 1.33. The van der Waals surface area contributed by atoms with Gasteiger partial charge < -0.3 is 10.6 Å². The molecule has 2 aromatic carbocycles. The largest absolute Gasteiger partial charge is 0.416 e. The smallest absolute Gasteiger partial charge is 0.356 e. The fourth-order valence-electron chi connectivity index (χ4n) is 3.03. The Labute approximate surface area is 202 Å². The van der Waals surface area contributed by atoms with Gasteiger partial charge in [0.2, 0.25) is 5.95 Å². The van der Waals surface area contributed by atoms with Crippen LogP contribution in [-0.2, 0) is 6.18 Å². The van der Waals surface area contributed by atoms with E-state index in [9.17, 15) is 17.6 Å². The van der Waals surface area contributed by atoms with E-state index in [2.05, 4.69) is 44.1 Å². The van der Waals surface area contributed by atoms with Gasteiger partial charge in [0.1, 0.15) is 11.6 Å². The molecule has 4 rings (SSSR count). The summed E-state index contributed by atoms with van der Waals surface area (Å²) in [5.41, 5.74) is 1.15. The number of benzene rings is 2. The Hall–Kier alpha value is -4.25. The Morgan fingerprint density at radius 1 is 1.03 bits per heavy atom. The topological polar surface area (TPSA) is 74.8 Å².